The van der Waals surface area contributed by atoms with Gasteiger partial charge in [0.1, 0.15) is 0 Å². The first-order valence-electron chi connectivity index (χ1n) is 16.5. The summed E-state index contributed by atoms with van der Waals surface area (Å²) in [6, 6.07) is 0. The quantitative estimate of drug-likeness (QED) is 0.0438. The molecular weight excluding hydrogens is 506 g/mol. The van der Waals surface area contributed by atoms with Gasteiger partial charge >= 0.3 is 17.9 Å². The van der Waals surface area contributed by atoms with Gasteiger partial charge in [0.15, 0.2) is 0 Å². The molecule has 0 aliphatic rings. The number of carbonyl (C=O) groups is 3. The smallest absolute Gasteiger partial charge is 0.303 e. The zero-order chi connectivity index (χ0) is 29.7. The van der Waals surface area contributed by atoms with E-state index in [4.69, 9.17) is 15.3 Å². The fraction of sp³-hybridized carbons (Fsp3) is 0.848. The van der Waals surface area contributed by atoms with Gasteiger partial charge in [-0.2, -0.15) is 0 Å². The van der Waals surface area contributed by atoms with Crippen LogP contribution < -0.4 is 0 Å². The summed E-state index contributed by atoms with van der Waals surface area (Å²) >= 11 is 0. The maximum atomic E-state index is 11.1. The number of quaternary nitrogens is 1. The Labute approximate surface area is 245 Å². The third-order valence-corrected chi connectivity index (χ3v) is 7.96. The van der Waals surface area contributed by atoms with Gasteiger partial charge in [0.25, 0.3) is 0 Å². The molecule has 40 heavy (non-hydrogen) atoms. The fourth-order valence-electron chi connectivity index (χ4n) is 5.59. The van der Waals surface area contributed by atoms with Crippen molar-refractivity contribution in [2.45, 2.75) is 155 Å². The molecule has 0 aromatic rings. The van der Waals surface area contributed by atoms with E-state index in [2.05, 4.69) is 19.1 Å². The first-order valence-corrected chi connectivity index (χ1v) is 16.5. The van der Waals surface area contributed by atoms with E-state index in [1.807, 2.05) is 0 Å². The summed E-state index contributed by atoms with van der Waals surface area (Å²) in [7, 11) is 0. The van der Waals surface area contributed by atoms with E-state index in [0.717, 1.165) is 19.4 Å². The van der Waals surface area contributed by atoms with Gasteiger partial charge in [0, 0.05) is 19.3 Å². The van der Waals surface area contributed by atoms with Gasteiger partial charge in [-0.3, -0.25) is 14.4 Å². The fourth-order valence-corrected chi connectivity index (χ4v) is 5.59. The minimum atomic E-state index is -0.826. The third-order valence-electron chi connectivity index (χ3n) is 7.96. The van der Waals surface area contributed by atoms with Gasteiger partial charge < -0.3 is 19.8 Å². The number of aliphatic carboxylic acids is 3. The van der Waals surface area contributed by atoms with Crippen LogP contribution in [0.1, 0.15) is 155 Å². The van der Waals surface area contributed by atoms with Crippen molar-refractivity contribution in [2.24, 2.45) is 0 Å². The summed E-state index contributed by atoms with van der Waals surface area (Å²) < 4.78 is 0.638. The Hall–Kier alpha value is -1.89. The highest BCUT2D eigenvalue weighted by molar-refractivity contribution is 5.67. The van der Waals surface area contributed by atoms with Gasteiger partial charge in [-0.1, -0.05) is 89.7 Å². The maximum Gasteiger partial charge on any atom is 0.303 e. The normalized spacial score (nSPS) is 11.8. The molecule has 0 heterocycles. The van der Waals surface area contributed by atoms with Crippen LogP contribution in [0, 0.1) is 0 Å². The maximum absolute atomic E-state index is 11.1. The van der Waals surface area contributed by atoms with Crippen LogP contribution in [0.2, 0.25) is 0 Å². The van der Waals surface area contributed by atoms with Crippen molar-refractivity contribution in [3.05, 3.63) is 12.2 Å². The summed E-state index contributed by atoms with van der Waals surface area (Å²) in [5, 5.41) is 27.3. The summed E-state index contributed by atoms with van der Waals surface area (Å²) in [4.78, 5) is 33.2. The Bertz CT molecular complexity index is 613. The molecule has 0 aromatic heterocycles. The van der Waals surface area contributed by atoms with E-state index in [-0.39, 0.29) is 19.3 Å². The standard InChI is InChI=1S/C33H61NO6/c1-2-3-4-5-6-7-8-9-10-11-12-13-14-15-16-17-18-19-20-27-34(28-21-24-31(35)36,29-22-25-32(37)38)30-23-26-33(39)40/h11-12H,2-10,13-30H2,1H3,(H2-,35,36,37,38,39,40)/p+1/b12-11+. The van der Waals surface area contributed by atoms with Crippen molar-refractivity contribution < 1.29 is 34.2 Å². The average molecular weight is 569 g/mol. The minimum absolute atomic E-state index is 0.0895. The Morgan fingerprint density at radius 3 is 1.10 bits per heavy atom. The van der Waals surface area contributed by atoms with Crippen LogP contribution >= 0.6 is 0 Å². The van der Waals surface area contributed by atoms with Gasteiger partial charge in [0.05, 0.1) is 45.4 Å². The van der Waals surface area contributed by atoms with Gasteiger partial charge in [-0.25, -0.2) is 0 Å². The van der Waals surface area contributed by atoms with E-state index >= 15 is 0 Å². The number of unbranched alkanes of at least 4 members (excludes halogenated alkanes) is 15. The Kier molecular flexibility index (Phi) is 26.0. The van der Waals surface area contributed by atoms with Crippen LogP contribution in [-0.2, 0) is 14.4 Å². The zero-order valence-electron chi connectivity index (χ0n) is 25.8. The molecular formula is C33H62NO6+. The van der Waals surface area contributed by atoms with E-state index in [0.29, 0.717) is 43.4 Å². The number of carboxylic acid groups (broad SMARTS) is 3. The Morgan fingerprint density at radius 1 is 0.450 bits per heavy atom. The van der Waals surface area contributed by atoms with E-state index < -0.39 is 17.9 Å². The van der Waals surface area contributed by atoms with Crippen LogP contribution in [-0.4, -0.2) is 63.9 Å². The highest BCUT2D eigenvalue weighted by Gasteiger charge is 2.27. The summed E-state index contributed by atoms with van der Waals surface area (Å²) in [6.07, 6.45) is 28.3. The third kappa shape index (κ3) is 26.3. The summed E-state index contributed by atoms with van der Waals surface area (Å²) in [5.74, 6) is -2.48. The topological polar surface area (TPSA) is 112 Å². The molecule has 0 radical (unpaired) electrons. The lowest BCUT2D eigenvalue weighted by Gasteiger charge is -2.39. The van der Waals surface area contributed by atoms with Crippen LogP contribution in [0.4, 0.5) is 0 Å². The Balaban J connectivity index is 4.15. The van der Waals surface area contributed by atoms with E-state index in [1.165, 1.54) is 96.3 Å². The molecule has 3 N–H and O–H groups in total. The molecule has 0 unspecified atom stereocenters. The van der Waals surface area contributed by atoms with Crippen molar-refractivity contribution in [3.8, 4) is 0 Å². The number of hydrogen-bond donors (Lipinski definition) is 3. The van der Waals surface area contributed by atoms with Crippen LogP contribution in [0.3, 0.4) is 0 Å². The molecule has 0 aliphatic heterocycles. The first kappa shape index (κ1) is 38.1. The van der Waals surface area contributed by atoms with Gasteiger partial charge in [-0.05, 0) is 38.5 Å². The predicted octanol–water partition coefficient (Wildman–Crippen LogP) is 8.61. The van der Waals surface area contributed by atoms with Crippen molar-refractivity contribution in [1.82, 2.24) is 0 Å². The molecule has 0 amide bonds. The molecule has 7 heteroatoms. The predicted molar refractivity (Wildman–Crippen MR) is 164 cm³/mol. The van der Waals surface area contributed by atoms with E-state index in [1.54, 1.807) is 0 Å². The molecule has 234 valence electrons. The lowest BCUT2D eigenvalue weighted by atomic mass is 10.1. The molecule has 0 aliphatic carbocycles. The zero-order valence-corrected chi connectivity index (χ0v) is 25.8. The molecule has 0 spiro atoms. The summed E-state index contributed by atoms with van der Waals surface area (Å²) in [5.41, 5.74) is 0. The van der Waals surface area contributed by atoms with Gasteiger partial charge in [-0.15, -0.1) is 0 Å². The highest BCUT2D eigenvalue weighted by Crippen LogP contribution is 2.19. The lowest BCUT2D eigenvalue weighted by Crippen LogP contribution is -2.51. The average Bonchev–Trinajstić information content (AvgIpc) is 2.89. The van der Waals surface area contributed by atoms with Crippen LogP contribution in [0.5, 0.6) is 0 Å². The SMILES string of the molecule is CCCCCCCCCC/C=C/CCCCCCCCC[N+](CCCC(=O)O)(CCCC(=O)O)CCCC(=O)O. The van der Waals surface area contributed by atoms with Crippen molar-refractivity contribution >= 4 is 17.9 Å². The Morgan fingerprint density at radius 2 is 0.750 bits per heavy atom. The second kappa shape index (κ2) is 27.3. The second-order valence-electron chi connectivity index (χ2n) is 11.7. The van der Waals surface area contributed by atoms with Crippen LogP contribution in [0.15, 0.2) is 12.2 Å². The molecule has 0 aromatic carbocycles. The van der Waals surface area contributed by atoms with Gasteiger partial charge in [0.2, 0.25) is 0 Å². The second-order valence-corrected chi connectivity index (χ2v) is 11.7. The molecule has 0 saturated heterocycles. The lowest BCUT2D eigenvalue weighted by molar-refractivity contribution is -0.929. The first-order chi connectivity index (χ1) is 19.3. The molecule has 0 bridgehead atoms. The molecule has 0 atom stereocenters. The monoisotopic (exact) mass is 568 g/mol. The minimum Gasteiger partial charge on any atom is -0.481 e. The largest absolute Gasteiger partial charge is 0.481 e. The molecule has 0 saturated carbocycles. The van der Waals surface area contributed by atoms with Crippen molar-refractivity contribution in [2.75, 3.05) is 26.2 Å². The van der Waals surface area contributed by atoms with E-state index in [9.17, 15) is 14.4 Å². The number of carboxylic acids is 3. The molecule has 0 rings (SSSR count). The highest BCUT2D eigenvalue weighted by atomic mass is 16.4. The molecule has 7 nitrogen and oxygen atoms in total. The van der Waals surface area contributed by atoms with Crippen molar-refractivity contribution in [1.29, 1.82) is 0 Å². The van der Waals surface area contributed by atoms with Crippen LogP contribution in [0.25, 0.3) is 0 Å². The number of nitrogens with zero attached hydrogens (tertiary/aromatic N) is 1. The summed E-state index contributed by atoms with van der Waals surface area (Å²) in [6.45, 7) is 5.12. The molecule has 0 fully saturated rings. The number of rotatable bonds is 31. The number of allylic oxidation sites excluding steroid dienone is 2. The van der Waals surface area contributed by atoms with Crippen molar-refractivity contribution in [3.63, 3.8) is 0 Å². The number of hydrogen-bond acceptors (Lipinski definition) is 3.